The summed E-state index contributed by atoms with van der Waals surface area (Å²) in [6.45, 7) is 8.23. The lowest BCUT2D eigenvalue weighted by Crippen LogP contribution is -2.49. The topological polar surface area (TPSA) is 52.7 Å². The molecule has 0 spiro atoms. The molecule has 1 fully saturated rings. The predicted molar refractivity (Wildman–Crippen MR) is 90.8 cm³/mol. The lowest BCUT2D eigenvalue weighted by molar-refractivity contribution is -0.136. The molecule has 0 unspecified atom stereocenters. The molecule has 0 bridgehead atoms. The highest BCUT2D eigenvalue weighted by Crippen LogP contribution is 2.20. The van der Waals surface area contributed by atoms with Gasteiger partial charge in [0, 0.05) is 36.3 Å². The fourth-order valence-corrected chi connectivity index (χ4v) is 3.00. The molecule has 120 valence electrons. The van der Waals surface area contributed by atoms with Crippen molar-refractivity contribution in [2.75, 3.05) is 38.0 Å². The number of halogens is 1. The quantitative estimate of drug-likeness (QED) is 0.830. The predicted octanol–water partition coefficient (Wildman–Crippen LogP) is 2.25. The third kappa shape index (κ3) is 4.55. The van der Waals surface area contributed by atoms with Crippen LogP contribution in [0.2, 0.25) is 0 Å². The van der Waals surface area contributed by atoms with E-state index in [1.54, 1.807) is 4.90 Å². The third-order valence-electron chi connectivity index (χ3n) is 3.95. The highest BCUT2D eigenvalue weighted by molar-refractivity contribution is 9.10. The number of nitrogens with one attached hydrogen (secondary N) is 1. The number of benzene rings is 1. The molecule has 1 saturated heterocycles. The summed E-state index contributed by atoms with van der Waals surface area (Å²) in [5.41, 5.74) is 1.71. The molecule has 22 heavy (non-hydrogen) atoms. The largest absolute Gasteiger partial charge is 0.340 e. The van der Waals surface area contributed by atoms with Crippen molar-refractivity contribution >= 4 is 33.4 Å². The second-order valence-electron chi connectivity index (χ2n) is 5.50. The maximum atomic E-state index is 12.2. The standard InChI is InChI=1S/C16H22BrN3O2/c1-3-19-6-8-20(9-7-19)16(22)11-15(21)18-14-5-4-13(17)10-12(14)2/h4-5,10H,3,6-9,11H2,1-2H3,(H,18,21). The molecule has 2 amide bonds. The minimum Gasteiger partial charge on any atom is -0.340 e. The van der Waals surface area contributed by atoms with Crippen LogP contribution in [0.25, 0.3) is 0 Å². The van der Waals surface area contributed by atoms with Crippen molar-refractivity contribution in [2.24, 2.45) is 0 Å². The van der Waals surface area contributed by atoms with Crippen molar-refractivity contribution in [1.29, 1.82) is 0 Å². The third-order valence-corrected chi connectivity index (χ3v) is 4.44. The average Bonchev–Trinajstić information content (AvgIpc) is 2.50. The van der Waals surface area contributed by atoms with Crippen LogP contribution >= 0.6 is 15.9 Å². The van der Waals surface area contributed by atoms with Crippen LogP contribution in [0, 0.1) is 6.92 Å². The number of anilines is 1. The van der Waals surface area contributed by atoms with Crippen molar-refractivity contribution in [3.63, 3.8) is 0 Å². The van der Waals surface area contributed by atoms with E-state index in [-0.39, 0.29) is 18.2 Å². The Kier molecular flexibility index (Phi) is 5.97. The van der Waals surface area contributed by atoms with Crippen LogP contribution in [0.3, 0.4) is 0 Å². The minimum atomic E-state index is -0.256. The van der Waals surface area contributed by atoms with Gasteiger partial charge in [-0.1, -0.05) is 22.9 Å². The van der Waals surface area contributed by atoms with Crippen LogP contribution in [0.15, 0.2) is 22.7 Å². The summed E-state index contributed by atoms with van der Waals surface area (Å²) >= 11 is 3.39. The van der Waals surface area contributed by atoms with Gasteiger partial charge in [-0.3, -0.25) is 9.59 Å². The molecule has 1 aromatic carbocycles. The van der Waals surface area contributed by atoms with Crippen LogP contribution in [0.4, 0.5) is 5.69 Å². The van der Waals surface area contributed by atoms with Gasteiger partial charge < -0.3 is 15.1 Å². The summed E-state index contributed by atoms with van der Waals surface area (Å²) in [5.74, 6) is -0.351. The van der Waals surface area contributed by atoms with Crippen molar-refractivity contribution in [3.8, 4) is 0 Å². The Morgan fingerprint density at radius 1 is 1.23 bits per heavy atom. The number of carbonyl (C=O) groups excluding carboxylic acids is 2. The SMILES string of the molecule is CCN1CCN(C(=O)CC(=O)Nc2ccc(Br)cc2C)CC1. The number of amides is 2. The first-order valence-corrected chi connectivity index (χ1v) is 8.35. The monoisotopic (exact) mass is 367 g/mol. The molecule has 6 heteroatoms. The maximum Gasteiger partial charge on any atom is 0.233 e. The Labute approximate surface area is 139 Å². The van der Waals surface area contributed by atoms with Gasteiger partial charge in [-0.25, -0.2) is 0 Å². The Morgan fingerprint density at radius 3 is 2.50 bits per heavy atom. The number of hydrogen-bond donors (Lipinski definition) is 1. The van der Waals surface area contributed by atoms with Crippen molar-refractivity contribution in [2.45, 2.75) is 20.3 Å². The van der Waals surface area contributed by atoms with E-state index in [4.69, 9.17) is 0 Å². The zero-order chi connectivity index (χ0) is 16.1. The van der Waals surface area contributed by atoms with Gasteiger partial charge in [0.15, 0.2) is 0 Å². The summed E-state index contributed by atoms with van der Waals surface area (Å²) < 4.78 is 0.966. The van der Waals surface area contributed by atoms with E-state index >= 15 is 0 Å². The lowest BCUT2D eigenvalue weighted by Gasteiger charge is -2.34. The average molecular weight is 368 g/mol. The molecule has 1 aliphatic heterocycles. The van der Waals surface area contributed by atoms with Gasteiger partial charge >= 0.3 is 0 Å². The molecule has 1 aromatic rings. The number of carbonyl (C=O) groups is 2. The van der Waals surface area contributed by atoms with Crippen LogP contribution < -0.4 is 5.32 Å². The second kappa shape index (κ2) is 7.74. The Morgan fingerprint density at radius 2 is 1.91 bits per heavy atom. The highest BCUT2D eigenvalue weighted by Gasteiger charge is 2.22. The van der Waals surface area contributed by atoms with Gasteiger partial charge in [-0.2, -0.15) is 0 Å². The van der Waals surface area contributed by atoms with Crippen LogP contribution in [0.1, 0.15) is 18.9 Å². The summed E-state index contributed by atoms with van der Waals surface area (Å²) in [5, 5.41) is 2.81. The fourth-order valence-electron chi connectivity index (χ4n) is 2.52. The first-order chi connectivity index (χ1) is 10.5. The lowest BCUT2D eigenvalue weighted by atomic mass is 10.2. The zero-order valence-electron chi connectivity index (χ0n) is 13.1. The molecule has 0 atom stereocenters. The van der Waals surface area contributed by atoms with Gasteiger partial charge in [0.05, 0.1) is 0 Å². The van der Waals surface area contributed by atoms with E-state index in [1.165, 1.54) is 0 Å². The number of nitrogens with zero attached hydrogens (tertiary/aromatic N) is 2. The van der Waals surface area contributed by atoms with Crippen LogP contribution in [-0.4, -0.2) is 54.3 Å². The Hall–Kier alpha value is -1.40. The Bertz CT molecular complexity index is 554. The number of piperazine rings is 1. The molecular weight excluding hydrogens is 346 g/mol. The highest BCUT2D eigenvalue weighted by atomic mass is 79.9. The first kappa shape index (κ1) is 17.0. The summed E-state index contributed by atoms with van der Waals surface area (Å²) in [4.78, 5) is 28.3. The molecule has 1 N–H and O–H groups in total. The second-order valence-corrected chi connectivity index (χ2v) is 6.41. The molecule has 2 rings (SSSR count). The normalized spacial score (nSPS) is 15.7. The smallest absolute Gasteiger partial charge is 0.233 e. The molecule has 1 heterocycles. The summed E-state index contributed by atoms with van der Waals surface area (Å²) in [6, 6.07) is 5.64. The van der Waals surface area contributed by atoms with Gasteiger partial charge in [0.2, 0.25) is 11.8 Å². The molecule has 1 aliphatic rings. The summed E-state index contributed by atoms with van der Waals surface area (Å²) in [6.07, 6.45) is -0.0956. The van der Waals surface area contributed by atoms with Gasteiger partial charge in [0.25, 0.3) is 0 Å². The molecule has 0 saturated carbocycles. The molecule has 0 aliphatic carbocycles. The molecule has 0 radical (unpaired) electrons. The van der Waals surface area contributed by atoms with Gasteiger partial charge in [-0.15, -0.1) is 0 Å². The molecular formula is C16H22BrN3O2. The first-order valence-electron chi connectivity index (χ1n) is 7.55. The molecule has 0 aromatic heterocycles. The van der Waals surface area contributed by atoms with Crippen LogP contribution in [0.5, 0.6) is 0 Å². The number of likely N-dealkylation sites (N-methyl/N-ethyl adjacent to an activating group) is 1. The van der Waals surface area contributed by atoms with Crippen LogP contribution in [-0.2, 0) is 9.59 Å². The maximum absolute atomic E-state index is 12.2. The van der Waals surface area contributed by atoms with E-state index < -0.39 is 0 Å². The zero-order valence-corrected chi connectivity index (χ0v) is 14.6. The van der Waals surface area contributed by atoms with E-state index in [0.717, 1.165) is 35.4 Å². The van der Waals surface area contributed by atoms with Crippen molar-refractivity contribution in [3.05, 3.63) is 28.2 Å². The van der Waals surface area contributed by atoms with E-state index in [0.29, 0.717) is 13.1 Å². The van der Waals surface area contributed by atoms with E-state index in [9.17, 15) is 9.59 Å². The minimum absolute atomic E-state index is 0.0944. The van der Waals surface area contributed by atoms with Gasteiger partial charge in [0.1, 0.15) is 6.42 Å². The van der Waals surface area contributed by atoms with Crippen molar-refractivity contribution in [1.82, 2.24) is 9.80 Å². The van der Waals surface area contributed by atoms with Crippen molar-refractivity contribution < 1.29 is 9.59 Å². The number of rotatable bonds is 4. The fraction of sp³-hybridized carbons (Fsp3) is 0.500. The number of hydrogen-bond acceptors (Lipinski definition) is 3. The van der Waals surface area contributed by atoms with Gasteiger partial charge in [-0.05, 0) is 37.2 Å². The van der Waals surface area contributed by atoms with E-state index in [2.05, 4.69) is 33.1 Å². The van der Waals surface area contributed by atoms with E-state index in [1.807, 2.05) is 25.1 Å². The summed E-state index contributed by atoms with van der Waals surface area (Å²) in [7, 11) is 0. The molecule has 5 nitrogen and oxygen atoms in total. The number of aryl methyl sites for hydroxylation is 1. The Balaban J connectivity index is 1.85.